The van der Waals surface area contributed by atoms with Crippen LogP contribution in [0.5, 0.6) is 0 Å². The molecule has 130 valence electrons. The van der Waals surface area contributed by atoms with E-state index in [1.165, 1.54) is 12.2 Å². The molecule has 8 heteroatoms. The monoisotopic (exact) mass is 371 g/mol. The van der Waals surface area contributed by atoms with Gasteiger partial charge in [-0.3, -0.25) is 4.79 Å². The summed E-state index contributed by atoms with van der Waals surface area (Å²) in [5, 5.41) is 3.10. The molecule has 1 amide bonds. The summed E-state index contributed by atoms with van der Waals surface area (Å²) in [6.45, 7) is 1.19. The minimum atomic E-state index is -3.12. The van der Waals surface area contributed by atoms with Crippen molar-refractivity contribution < 1.29 is 22.7 Å². The normalized spacial score (nSPS) is 22.4. The summed E-state index contributed by atoms with van der Waals surface area (Å²) in [5.74, 6) is -1.28. The Kier molecular flexibility index (Phi) is 5.66. The van der Waals surface area contributed by atoms with Crippen LogP contribution in [0.1, 0.15) is 18.9 Å². The maximum atomic E-state index is 11.8. The van der Waals surface area contributed by atoms with Gasteiger partial charge in [0, 0.05) is 11.1 Å². The molecule has 1 aromatic carbocycles. The first-order chi connectivity index (χ1) is 11.2. The molecule has 0 spiro atoms. The first-order valence-corrected chi connectivity index (χ1v) is 9.50. The molecule has 0 aromatic heterocycles. The summed E-state index contributed by atoms with van der Waals surface area (Å²) in [6, 6.07) is 6.98. The average Bonchev–Trinajstić information content (AvgIpc) is 2.77. The third-order valence-electron chi connectivity index (χ3n) is 3.59. The molecule has 24 heavy (non-hydrogen) atoms. The lowest BCUT2D eigenvalue weighted by Crippen LogP contribution is -2.48. The molecule has 0 bridgehead atoms. The lowest BCUT2D eigenvalue weighted by molar-refractivity contribution is -0.144. The first-order valence-electron chi connectivity index (χ1n) is 7.30. The molecule has 1 aliphatic rings. The number of nitrogens with one attached hydrogen (secondary N) is 1. The van der Waals surface area contributed by atoms with Gasteiger partial charge in [-0.25, -0.2) is 13.2 Å². The molecule has 1 aromatic rings. The quantitative estimate of drug-likeness (QED) is 0.627. The van der Waals surface area contributed by atoms with E-state index in [0.717, 1.165) is 0 Å². The van der Waals surface area contributed by atoms with Gasteiger partial charge >= 0.3 is 5.97 Å². The lowest BCUT2D eigenvalue weighted by Gasteiger charge is -2.23. The number of hydrogen-bond donors (Lipinski definition) is 1. The number of esters is 1. The van der Waals surface area contributed by atoms with Gasteiger partial charge in [0.25, 0.3) is 5.91 Å². The predicted octanol–water partition coefficient (Wildman–Crippen LogP) is 1.59. The van der Waals surface area contributed by atoms with E-state index < -0.39 is 33.9 Å². The molecule has 0 aliphatic carbocycles. The Hall–Kier alpha value is -1.86. The van der Waals surface area contributed by atoms with Crippen LogP contribution in [0.4, 0.5) is 0 Å². The lowest BCUT2D eigenvalue weighted by atomic mass is 10.0. The Balaban J connectivity index is 1.82. The zero-order chi connectivity index (χ0) is 17.8. The van der Waals surface area contributed by atoms with Crippen LogP contribution in [0.2, 0.25) is 5.02 Å². The Labute approximate surface area is 145 Å². The van der Waals surface area contributed by atoms with Crippen molar-refractivity contribution in [3.63, 3.8) is 0 Å². The number of carbonyl (C=O) groups excluding carboxylic acids is 2. The van der Waals surface area contributed by atoms with E-state index in [1.54, 1.807) is 31.2 Å². The average molecular weight is 372 g/mol. The van der Waals surface area contributed by atoms with Gasteiger partial charge in [0.05, 0.1) is 17.0 Å². The Bertz CT molecular complexity index is 774. The van der Waals surface area contributed by atoms with Crippen molar-refractivity contribution in [1.29, 1.82) is 0 Å². The summed E-state index contributed by atoms with van der Waals surface area (Å²) in [5.41, 5.74) is -0.153. The summed E-state index contributed by atoms with van der Waals surface area (Å²) >= 11 is 5.95. The van der Waals surface area contributed by atoms with Crippen LogP contribution in [0.15, 0.2) is 30.3 Å². The zero-order valence-electron chi connectivity index (χ0n) is 13.1. The van der Waals surface area contributed by atoms with E-state index in [2.05, 4.69) is 5.32 Å². The van der Waals surface area contributed by atoms with Crippen molar-refractivity contribution in [3.05, 3.63) is 40.9 Å². The number of ether oxygens (including phenoxy) is 1. The van der Waals surface area contributed by atoms with Crippen molar-refractivity contribution in [2.45, 2.75) is 18.9 Å². The molecule has 1 fully saturated rings. The number of carbonyl (C=O) groups is 2. The molecule has 0 saturated carbocycles. The molecule has 1 N–H and O–H groups in total. The molecule has 0 unspecified atom stereocenters. The Morgan fingerprint density at radius 2 is 2.08 bits per heavy atom. The van der Waals surface area contributed by atoms with Gasteiger partial charge in [-0.2, -0.15) is 0 Å². The second-order valence-electron chi connectivity index (χ2n) is 5.91. The molecular weight excluding hydrogens is 354 g/mol. The molecule has 1 atom stereocenters. The van der Waals surface area contributed by atoms with Crippen LogP contribution < -0.4 is 5.32 Å². The summed E-state index contributed by atoms with van der Waals surface area (Å²) < 4.78 is 27.8. The number of halogens is 1. The summed E-state index contributed by atoms with van der Waals surface area (Å²) in [7, 11) is -3.12. The van der Waals surface area contributed by atoms with Crippen LogP contribution in [-0.4, -0.2) is 43.9 Å². The third kappa shape index (κ3) is 5.35. The summed E-state index contributed by atoms with van der Waals surface area (Å²) in [6.07, 6.45) is 3.02. The van der Waals surface area contributed by atoms with E-state index in [9.17, 15) is 18.0 Å². The van der Waals surface area contributed by atoms with E-state index in [1.807, 2.05) is 0 Å². The summed E-state index contributed by atoms with van der Waals surface area (Å²) in [4.78, 5) is 23.4. The van der Waals surface area contributed by atoms with Gasteiger partial charge in [0.1, 0.15) is 0 Å². The van der Waals surface area contributed by atoms with Crippen molar-refractivity contribution in [2.75, 3.05) is 18.1 Å². The largest absolute Gasteiger partial charge is 0.452 e. The predicted molar refractivity (Wildman–Crippen MR) is 91.3 cm³/mol. The van der Waals surface area contributed by atoms with Crippen molar-refractivity contribution in [1.82, 2.24) is 5.32 Å². The van der Waals surface area contributed by atoms with Crippen LogP contribution in [-0.2, 0) is 24.2 Å². The molecular formula is C16H18ClNO5S. The fraction of sp³-hybridized carbons (Fsp3) is 0.375. The first kappa shape index (κ1) is 18.5. The maximum Gasteiger partial charge on any atom is 0.331 e. The fourth-order valence-electron chi connectivity index (χ4n) is 2.43. The van der Waals surface area contributed by atoms with Crippen LogP contribution >= 0.6 is 11.6 Å². The Morgan fingerprint density at radius 3 is 2.71 bits per heavy atom. The standard InChI is InChI=1S/C16H18ClNO5S/c1-16(8-9-24(21,22)11-16)18-14(19)10-23-15(20)7-6-12-4-2-3-5-13(12)17/h2-7H,8-11H2,1H3,(H,18,19)/b7-6+/t16-/m1/s1. The minimum Gasteiger partial charge on any atom is -0.452 e. The van der Waals surface area contributed by atoms with Crippen LogP contribution in [0.25, 0.3) is 6.08 Å². The highest BCUT2D eigenvalue weighted by molar-refractivity contribution is 7.91. The van der Waals surface area contributed by atoms with Gasteiger partial charge < -0.3 is 10.1 Å². The van der Waals surface area contributed by atoms with E-state index in [0.29, 0.717) is 17.0 Å². The number of amides is 1. The fourth-order valence-corrected chi connectivity index (χ4v) is 4.73. The number of rotatable bonds is 5. The molecule has 1 heterocycles. The molecule has 1 saturated heterocycles. The highest BCUT2D eigenvalue weighted by Crippen LogP contribution is 2.22. The number of sulfone groups is 1. The highest BCUT2D eigenvalue weighted by Gasteiger charge is 2.39. The number of hydrogen-bond acceptors (Lipinski definition) is 5. The van der Waals surface area contributed by atoms with E-state index in [-0.39, 0.29) is 11.5 Å². The van der Waals surface area contributed by atoms with Crippen LogP contribution in [0.3, 0.4) is 0 Å². The van der Waals surface area contributed by atoms with Crippen molar-refractivity contribution in [3.8, 4) is 0 Å². The third-order valence-corrected chi connectivity index (χ3v) is 5.84. The highest BCUT2D eigenvalue weighted by atomic mass is 35.5. The topological polar surface area (TPSA) is 89.5 Å². The molecule has 2 rings (SSSR count). The molecule has 1 aliphatic heterocycles. The van der Waals surface area contributed by atoms with E-state index in [4.69, 9.17) is 16.3 Å². The van der Waals surface area contributed by atoms with Gasteiger partial charge in [-0.1, -0.05) is 29.8 Å². The van der Waals surface area contributed by atoms with Crippen molar-refractivity contribution in [2.24, 2.45) is 0 Å². The SMILES string of the molecule is C[C@@]1(NC(=O)COC(=O)/C=C/c2ccccc2Cl)CCS(=O)(=O)C1. The zero-order valence-corrected chi connectivity index (χ0v) is 14.7. The van der Waals surface area contributed by atoms with Gasteiger partial charge in [0.2, 0.25) is 0 Å². The number of benzene rings is 1. The van der Waals surface area contributed by atoms with Gasteiger partial charge in [-0.05, 0) is 31.1 Å². The molecule has 0 radical (unpaired) electrons. The van der Waals surface area contributed by atoms with Gasteiger partial charge in [0.15, 0.2) is 16.4 Å². The van der Waals surface area contributed by atoms with Crippen molar-refractivity contribution >= 4 is 39.4 Å². The second-order valence-corrected chi connectivity index (χ2v) is 8.50. The minimum absolute atomic E-state index is 0.0458. The van der Waals surface area contributed by atoms with Gasteiger partial charge in [-0.15, -0.1) is 0 Å². The maximum absolute atomic E-state index is 11.8. The smallest absolute Gasteiger partial charge is 0.331 e. The Morgan fingerprint density at radius 1 is 1.38 bits per heavy atom. The second kappa shape index (κ2) is 7.36. The van der Waals surface area contributed by atoms with Crippen LogP contribution in [0, 0.1) is 0 Å². The van der Waals surface area contributed by atoms with E-state index >= 15 is 0 Å². The molecule has 6 nitrogen and oxygen atoms in total.